The van der Waals surface area contributed by atoms with Gasteiger partial charge in [0.15, 0.2) is 11.5 Å². The van der Waals surface area contributed by atoms with E-state index < -0.39 is 0 Å². The van der Waals surface area contributed by atoms with Gasteiger partial charge in [-0.2, -0.15) is 0 Å². The van der Waals surface area contributed by atoms with E-state index in [1.165, 1.54) is 18.4 Å². The van der Waals surface area contributed by atoms with Crippen molar-refractivity contribution >= 4 is 0 Å². The number of nitrogens with zero attached hydrogens (tertiary/aromatic N) is 4. The van der Waals surface area contributed by atoms with Gasteiger partial charge in [0.1, 0.15) is 13.2 Å². The molecule has 0 amide bonds. The maximum atomic E-state index is 9.00. The Balaban J connectivity index is 1.34. The first-order chi connectivity index (χ1) is 12.8. The maximum Gasteiger partial charge on any atom is 0.161 e. The minimum Gasteiger partial charge on any atom is -0.486 e. The molecule has 1 atom stereocenters. The normalized spacial score (nSPS) is 20.3. The summed E-state index contributed by atoms with van der Waals surface area (Å²) >= 11 is 0. The molecule has 1 aromatic carbocycles. The standard InChI is InChI=1S/C19H26N4O3/c24-7-5-17-14-23(21-20-17)13-16-2-1-6-22(12-16)11-15-3-4-18-19(10-15)26-9-8-25-18/h3-4,10,14,16,24H,1-2,5-9,11-13H2/t16-/m1/s1. The van der Waals surface area contributed by atoms with Crippen molar-refractivity contribution in [1.82, 2.24) is 19.9 Å². The van der Waals surface area contributed by atoms with E-state index in [0.717, 1.165) is 43.4 Å². The molecule has 0 spiro atoms. The molecule has 1 N–H and O–H groups in total. The van der Waals surface area contributed by atoms with Gasteiger partial charge < -0.3 is 14.6 Å². The molecular formula is C19H26N4O3. The van der Waals surface area contributed by atoms with Crippen LogP contribution in [0.5, 0.6) is 11.5 Å². The third-order valence-corrected chi connectivity index (χ3v) is 5.02. The van der Waals surface area contributed by atoms with Crippen molar-refractivity contribution in [1.29, 1.82) is 0 Å². The number of ether oxygens (including phenoxy) is 2. The highest BCUT2D eigenvalue weighted by atomic mass is 16.6. The number of aliphatic hydroxyl groups is 1. The molecule has 0 radical (unpaired) electrons. The van der Waals surface area contributed by atoms with Crippen LogP contribution in [0.3, 0.4) is 0 Å². The Labute approximate surface area is 153 Å². The zero-order chi connectivity index (χ0) is 17.8. The molecule has 1 fully saturated rings. The molecule has 0 aliphatic carbocycles. The summed E-state index contributed by atoms with van der Waals surface area (Å²) in [5.41, 5.74) is 2.12. The summed E-state index contributed by atoms with van der Waals surface area (Å²) in [7, 11) is 0. The van der Waals surface area contributed by atoms with Crippen LogP contribution in [0.1, 0.15) is 24.1 Å². The van der Waals surface area contributed by atoms with E-state index in [9.17, 15) is 0 Å². The average molecular weight is 358 g/mol. The molecule has 0 bridgehead atoms. The first-order valence-corrected chi connectivity index (χ1v) is 9.41. The van der Waals surface area contributed by atoms with E-state index in [0.29, 0.717) is 25.6 Å². The third kappa shape index (κ3) is 4.16. The molecule has 1 aromatic heterocycles. The first-order valence-electron chi connectivity index (χ1n) is 9.41. The van der Waals surface area contributed by atoms with Crippen LogP contribution in [-0.2, 0) is 19.5 Å². The lowest BCUT2D eigenvalue weighted by Crippen LogP contribution is -2.36. The molecule has 2 aromatic rings. The van der Waals surface area contributed by atoms with Crippen LogP contribution < -0.4 is 9.47 Å². The molecule has 4 rings (SSSR count). The second-order valence-corrected chi connectivity index (χ2v) is 7.13. The van der Waals surface area contributed by atoms with Crippen LogP contribution in [0.2, 0.25) is 0 Å². The van der Waals surface area contributed by atoms with E-state index in [2.05, 4.69) is 27.3 Å². The minimum atomic E-state index is 0.117. The summed E-state index contributed by atoms with van der Waals surface area (Å²) in [6.07, 6.45) is 4.94. The number of rotatable bonds is 6. The fourth-order valence-corrected chi connectivity index (χ4v) is 3.81. The quantitative estimate of drug-likeness (QED) is 0.844. The summed E-state index contributed by atoms with van der Waals surface area (Å²) in [6, 6.07) is 6.26. The number of aromatic nitrogens is 3. The van der Waals surface area contributed by atoms with Crippen molar-refractivity contribution in [3.05, 3.63) is 35.7 Å². The van der Waals surface area contributed by atoms with Crippen molar-refractivity contribution < 1.29 is 14.6 Å². The van der Waals surface area contributed by atoms with E-state index in [-0.39, 0.29) is 6.61 Å². The number of likely N-dealkylation sites (tertiary alicyclic amines) is 1. The SMILES string of the molecule is OCCc1cn(C[C@@H]2CCCN(Cc3ccc4c(c3)OCCO4)C2)nn1. The van der Waals surface area contributed by atoms with Crippen LogP contribution in [-0.4, -0.2) is 57.9 Å². The minimum absolute atomic E-state index is 0.117. The monoisotopic (exact) mass is 358 g/mol. The summed E-state index contributed by atoms with van der Waals surface area (Å²) in [5, 5.41) is 17.3. The van der Waals surface area contributed by atoms with Gasteiger partial charge in [0, 0.05) is 38.9 Å². The van der Waals surface area contributed by atoms with Gasteiger partial charge in [-0.05, 0) is 43.0 Å². The Hall–Kier alpha value is -2.12. The molecule has 7 nitrogen and oxygen atoms in total. The molecule has 2 aliphatic rings. The van der Waals surface area contributed by atoms with Gasteiger partial charge in [0.25, 0.3) is 0 Å². The largest absolute Gasteiger partial charge is 0.486 e. The second-order valence-electron chi connectivity index (χ2n) is 7.13. The second kappa shape index (κ2) is 8.05. The zero-order valence-electron chi connectivity index (χ0n) is 15.0. The lowest BCUT2D eigenvalue weighted by atomic mass is 9.97. The number of aliphatic hydroxyl groups excluding tert-OH is 1. The molecule has 2 aliphatic heterocycles. The van der Waals surface area contributed by atoms with Gasteiger partial charge in [-0.3, -0.25) is 9.58 Å². The fourth-order valence-electron chi connectivity index (χ4n) is 3.81. The number of benzene rings is 1. The fraction of sp³-hybridized carbons (Fsp3) is 0.579. The smallest absolute Gasteiger partial charge is 0.161 e. The lowest BCUT2D eigenvalue weighted by molar-refractivity contribution is 0.151. The zero-order valence-corrected chi connectivity index (χ0v) is 15.0. The van der Waals surface area contributed by atoms with Crippen LogP contribution in [0.25, 0.3) is 0 Å². The molecule has 0 unspecified atom stereocenters. The van der Waals surface area contributed by atoms with E-state index in [1.54, 1.807) is 0 Å². The Morgan fingerprint density at radius 1 is 1.19 bits per heavy atom. The molecular weight excluding hydrogens is 332 g/mol. The molecule has 0 saturated carbocycles. The first kappa shape index (κ1) is 17.3. The molecule has 7 heteroatoms. The van der Waals surface area contributed by atoms with Gasteiger partial charge in [0.05, 0.1) is 5.69 Å². The Morgan fingerprint density at radius 2 is 2.08 bits per heavy atom. The Morgan fingerprint density at radius 3 is 2.96 bits per heavy atom. The van der Waals surface area contributed by atoms with Gasteiger partial charge in [-0.1, -0.05) is 11.3 Å². The van der Waals surface area contributed by atoms with Gasteiger partial charge in [-0.15, -0.1) is 5.10 Å². The van der Waals surface area contributed by atoms with Gasteiger partial charge >= 0.3 is 0 Å². The molecule has 26 heavy (non-hydrogen) atoms. The highest BCUT2D eigenvalue weighted by Crippen LogP contribution is 2.31. The van der Waals surface area contributed by atoms with Crippen LogP contribution in [0.4, 0.5) is 0 Å². The number of fused-ring (bicyclic) bond motifs is 1. The highest BCUT2D eigenvalue weighted by Gasteiger charge is 2.21. The van der Waals surface area contributed by atoms with E-state index in [4.69, 9.17) is 14.6 Å². The highest BCUT2D eigenvalue weighted by molar-refractivity contribution is 5.43. The maximum absolute atomic E-state index is 9.00. The lowest BCUT2D eigenvalue weighted by Gasteiger charge is -2.32. The van der Waals surface area contributed by atoms with Crippen LogP contribution >= 0.6 is 0 Å². The predicted molar refractivity (Wildman–Crippen MR) is 96.2 cm³/mol. The number of hydrogen-bond acceptors (Lipinski definition) is 6. The van der Waals surface area contributed by atoms with Gasteiger partial charge in [0.2, 0.25) is 0 Å². The van der Waals surface area contributed by atoms with Crippen molar-refractivity contribution in [2.45, 2.75) is 32.4 Å². The van der Waals surface area contributed by atoms with Gasteiger partial charge in [-0.25, -0.2) is 0 Å². The average Bonchev–Trinajstić information content (AvgIpc) is 3.09. The van der Waals surface area contributed by atoms with Crippen LogP contribution in [0, 0.1) is 5.92 Å². The van der Waals surface area contributed by atoms with Crippen LogP contribution in [0.15, 0.2) is 24.4 Å². The van der Waals surface area contributed by atoms with E-state index in [1.807, 2.05) is 16.9 Å². The summed E-state index contributed by atoms with van der Waals surface area (Å²) in [6.45, 7) is 5.37. The van der Waals surface area contributed by atoms with Crippen molar-refractivity contribution in [3.63, 3.8) is 0 Å². The summed E-state index contributed by atoms with van der Waals surface area (Å²) in [4.78, 5) is 2.51. The predicted octanol–water partition coefficient (Wildman–Crippen LogP) is 1.50. The molecule has 3 heterocycles. The van der Waals surface area contributed by atoms with Crippen molar-refractivity contribution in [2.75, 3.05) is 32.9 Å². The van der Waals surface area contributed by atoms with E-state index >= 15 is 0 Å². The summed E-state index contributed by atoms with van der Waals surface area (Å²) in [5.74, 6) is 2.28. The van der Waals surface area contributed by atoms with Crippen molar-refractivity contribution in [2.24, 2.45) is 5.92 Å². The number of hydrogen-bond donors (Lipinski definition) is 1. The summed E-state index contributed by atoms with van der Waals surface area (Å²) < 4.78 is 13.2. The number of piperidine rings is 1. The Kier molecular flexibility index (Phi) is 5.36. The third-order valence-electron chi connectivity index (χ3n) is 5.02. The molecule has 140 valence electrons. The van der Waals surface area contributed by atoms with Crippen molar-refractivity contribution in [3.8, 4) is 11.5 Å². The Bertz CT molecular complexity index is 733. The topological polar surface area (TPSA) is 72.6 Å². The molecule has 1 saturated heterocycles.